The summed E-state index contributed by atoms with van der Waals surface area (Å²) < 4.78 is 32.8. The summed E-state index contributed by atoms with van der Waals surface area (Å²) in [4.78, 5) is 28.3. The van der Waals surface area contributed by atoms with Crippen LogP contribution in [-0.4, -0.2) is 29.1 Å². The maximum Gasteiger partial charge on any atom is 0.305 e. The molecule has 0 saturated carbocycles. The summed E-state index contributed by atoms with van der Waals surface area (Å²) in [6.07, 6.45) is -0.412. The predicted octanol–water partition coefficient (Wildman–Crippen LogP) is 4.63. The average molecular weight is 447 g/mol. The molecule has 1 unspecified atom stereocenters. The quantitative estimate of drug-likeness (QED) is 0.552. The van der Waals surface area contributed by atoms with E-state index < -0.39 is 36.0 Å². The van der Waals surface area contributed by atoms with Gasteiger partial charge in [0.05, 0.1) is 19.6 Å². The molecule has 6 nitrogen and oxygen atoms in total. The number of carbonyl (C=O) groups excluding carboxylic acids is 1. The molecular formula is C22H17ClF2N2O4. The second-order valence-corrected chi connectivity index (χ2v) is 6.92. The van der Waals surface area contributed by atoms with Gasteiger partial charge in [0.15, 0.2) is 0 Å². The number of carboxylic acids is 1. The highest BCUT2D eigenvalue weighted by Crippen LogP contribution is 2.31. The van der Waals surface area contributed by atoms with E-state index in [1.54, 1.807) is 24.3 Å². The molecule has 1 heterocycles. The minimum Gasteiger partial charge on any atom is -0.494 e. The van der Waals surface area contributed by atoms with Gasteiger partial charge in [0.1, 0.15) is 28.8 Å². The van der Waals surface area contributed by atoms with Crippen LogP contribution in [0.4, 0.5) is 8.78 Å². The first kappa shape index (κ1) is 22.2. The van der Waals surface area contributed by atoms with Crippen molar-refractivity contribution in [2.24, 2.45) is 0 Å². The van der Waals surface area contributed by atoms with Crippen LogP contribution < -0.4 is 10.1 Å². The molecular weight excluding hydrogens is 430 g/mol. The van der Waals surface area contributed by atoms with Crippen molar-refractivity contribution in [1.82, 2.24) is 10.3 Å². The number of methoxy groups -OCH3 is 1. The van der Waals surface area contributed by atoms with Gasteiger partial charge in [-0.25, -0.2) is 13.8 Å². The molecule has 160 valence electrons. The Morgan fingerprint density at radius 1 is 1.16 bits per heavy atom. The fraction of sp³-hybridized carbons (Fsp3) is 0.136. The van der Waals surface area contributed by atoms with Crippen LogP contribution in [0.1, 0.15) is 28.5 Å². The normalized spacial score (nSPS) is 11.6. The average Bonchev–Trinajstić information content (AvgIpc) is 2.73. The topological polar surface area (TPSA) is 88.5 Å². The highest BCUT2D eigenvalue weighted by molar-refractivity contribution is 6.31. The Morgan fingerprint density at radius 3 is 2.55 bits per heavy atom. The van der Waals surface area contributed by atoms with Crippen molar-refractivity contribution in [2.75, 3.05) is 7.11 Å². The first-order valence-electron chi connectivity index (χ1n) is 9.07. The largest absolute Gasteiger partial charge is 0.494 e. The van der Waals surface area contributed by atoms with Gasteiger partial charge in [0, 0.05) is 16.7 Å². The van der Waals surface area contributed by atoms with E-state index in [0.29, 0.717) is 16.7 Å². The zero-order chi connectivity index (χ0) is 22.5. The number of benzene rings is 2. The Labute approximate surface area is 181 Å². The van der Waals surface area contributed by atoms with Crippen LogP contribution in [0.2, 0.25) is 5.02 Å². The standard InChI is InChI=1S/C22H17ClF2N2O4/c1-31-19-9-8-17(26-21(19)14-7-6-12(24)10-16(14)25)22(30)27-18(11-20(28)29)13-4-2-3-5-15(13)23/h2-10,18H,11H2,1H3,(H,27,30)(H,28,29). The van der Waals surface area contributed by atoms with E-state index in [4.69, 9.17) is 16.3 Å². The monoisotopic (exact) mass is 446 g/mol. The van der Waals surface area contributed by atoms with Crippen molar-refractivity contribution in [3.8, 4) is 17.0 Å². The first-order valence-corrected chi connectivity index (χ1v) is 9.45. The van der Waals surface area contributed by atoms with Crippen LogP contribution in [-0.2, 0) is 4.79 Å². The highest BCUT2D eigenvalue weighted by Gasteiger charge is 2.23. The zero-order valence-corrected chi connectivity index (χ0v) is 17.0. The van der Waals surface area contributed by atoms with Gasteiger partial charge in [-0.2, -0.15) is 0 Å². The predicted molar refractivity (Wildman–Crippen MR) is 110 cm³/mol. The van der Waals surface area contributed by atoms with Crippen LogP contribution in [0.25, 0.3) is 11.3 Å². The van der Waals surface area contributed by atoms with Crippen molar-refractivity contribution in [3.63, 3.8) is 0 Å². The maximum atomic E-state index is 14.3. The smallest absolute Gasteiger partial charge is 0.305 e. The molecule has 1 aromatic heterocycles. The van der Waals surface area contributed by atoms with E-state index in [1.165, 1.54) is 25.3 Å². The molecule has 0 radical (unpaired) electrons. The van der Waals surface area contributed by atoms with E-state index in [9.17, 15) is 23.5 Å². The van der Waals surface area contributed by atoms with E-state index in [2.05, 4.69) is 10.3 Å². The second-order valence-electron chi connectivity index (χ2n) is 6.52. The number of hydrogen-bond acceptors (Lipinski definition) is 4. The molecule has 1 amide bonds. The van der Waals surface area contributed by atoms with Gasteiger partial charge >= 0.3 is 5.97 Å². The summed E-state index contributed by atoms with van der Waals surface area (Å²) in [7, 11) is 1.35. The summed E-state index contributed by atoms with van der Waals surface area (Å²) >= 11 is 6.16. The van der Waals surface area contributed by atoms with E-state index in [0.717, 1.165) is 6.07 Å². The fourth-order valence-electron chi connectivity index (χ4n) is 3.02. The van der Waals surface area contributed by atoms with Gasteiger partial charge in [0.25, 0.3) is 5.91 Å². The summed E-state index contributed by atoms with van der Waals surface area (Å²) in [5, 5.41) is 12.1. The number of pyridine rings is 1. The fourth-order valence-corrected chi connectivity index (χ4v) is 3.28. The third-order valence-corrected chi connectivity index (χ3v) is 4.81. The number of amides is 1. The van der Waals surface area contributed by atoms with E-state index >= 15 is 0 Å². The molecule has 3 rings (SSSR count). The lowest BCUT2D eigenvalue weighted by atomic mass is 10.0. The lowest BCUT2D eigenvalue weighted by Crippen LogP contribution is -2.31. The number of ether oxygens (including phenoxy) is 1. The molecule has 9 heteroatoms. The number of hydrogen-bond donors (Lipinski definition) is 2. The van der Waals surface area contributed by atoms with Gasteiger partial charge in [-0.3, -0.25) is 9.59 Å². The van der Waals surface area contributed by atoms with Gasteiger partial charge < -0.3 is 15.2 Å². The van der Waals surface area contributed by atoms with Crippen LogP contribution in [0.5, 0.6) is 5.75 Å². The SMILES string of the molecule is COc1ccc(C(=O)NC(CC(=O)O)c2ccccc2Cl)nc1-c1ccc(F)cc1F. The maximum absolute atomic E-state index is 14.3. The first-order chi connectivity index (χ1) is 14.8. The summed E-state index contributed by atoms with van der Waals surface area (Å²) in [5.74, 6) is -3.29. The van der Waals surface area contributed by atoms with Crippen molar-refractivity contribution in [3.05, 3.63) is 82.5 Å². The molecule has 3 aromatic rings. The van der Waals surface area contributed by atoms with Crippen LogP contribution in [0, 0.1) is 11.6 Å². The summed E-state index contributed by atoms with van der Waals surface area (Å²) in [6.45, 7) is 0. The number of carboxylic acid groups (broad SMARTS) is 1. The number of nitrogens with zero attached hydrogens (tertiary/aromatic N) is 1. The van der Waals surface area contributed by atoms with Gasteiger partial charge in [-0.15, -0.1) is 0 Å². The second kappa shape index (κ2) is 9.53. The van der Waals surface area contributed by atoms with Crippen LogP contribution in [0.3, 0.4) is 0 Å². The van der Waals surface area contributed by atoms with Crippen LogP contribution in [0.15, 0.2) is 54.6 Å². The minimum absolute atomic E-state index is 0.000165. The van der Waals surface area contributed by atoms with Crippen molar-refractivity contribution in [1.29, 1.82) is 0 Å². The van der Waals surface area contributed by atoms with Crippen molar-refractivity contribution in [2.45, 2.75) is 12.5 Å². The van der Waals surface area contributed by atoms with Crippen molar-refractivity contribution < 1.29 is 28.2 Å². The molecule has 2 N–H and O–H groups in total. The molecule has 0 aliphatic rings. The molecule has 0 aliphatic heterocycles. The minimum atomic E-state index is -1.14. The molecule has 1 atom stereocenters. The number of rotatable bonds is 7. The van der Waals surface area contributed by atoms with Gasteiger partial charge in [-0.05, 0) is 35.9 Å². The number of aliphatic carboxylic acids is 1. The summed E-state index contributed by atoms with van der Waals surface area (Å²) in [6, 6.07) is 11.3. The Morgan fingerprint density at radius 2 is 1.90 bits per heavy atom. The molecule has 0 aliphatic carbocycles. The number of carbonyl (C=O) groups is 2. The number of halogens is 3. The Hall–Kier alpha value is -3.52. The Kier molecular flexibility index (Phi) is 6.81. The van der Waals surface area contributed by atoms with Crippen LogP contribution >= 0.6 is 11.6 Å². The zero-order valence-electron chi connectivity index (χ0n) is 16.2. The van der Waals surface area contributed by atoms with E-state index in [-0.39, 0.29) is 22.7 Å². The highest BCUT2D eigenvalue weighted by atomic mass is 35.5. The summed E-state index contributed by atoms with van der Waals surface area (Å²) in [5.41, 5.74) is 0.265. The number of nitrogens with one attached hydrogen (secondary N) is 1. The Bertz CT molecular complexity index is 1140. The molecule has 0 bridgehead atoms. The Balaban J connectivity index is 1.97. The molecule has 0 spiro atoms. The van der Waals surface area contributed by atoms with E-state index in [1.807, 2.05) is 0 Å². The lowest BCUT2D eigenvalue weighted by molar-refractivity contribution is -0.137. The van der Waals surface area contributed by atoms with Crippen molar-refractivity contribution >= 4 is 23.5 Å². The molecule has 0 saturated heterocycles. The molecule has 31 heavy (non-hydrogen) atoms. The molecule has 2 aromatic carbocycles. The third kappa shape index (κ3) is 5.16. The third-order valence-electron chi connectivity index (χ3n) is 4.46. The lowest BCUT2D eigenvalue weighted by Gasteiger charge is -2.19. The van der Waals surface area contributed by atoms with Gasteiger partial charge in [0.2, 0.25) is 0 Å². The number of aromatic nitrogens is 1. The van der Waals surface area contributed by atoms with Gasteiger partial charge in [-0.1, -0.05) is 29.8 Å². The molecule has 0 fully saturated rings.